The largest absolute Gasteiger partial charge is 0.338 e. The first-order chi connectivity index (χ1) is 16.2. The Morgan fingerprint density at radius 3 is 2.65 bits per heavy atom. The highest BCUT2D eigenvalue weighted by Gasteiger charge is 2.22. The van der Waals surface area contributed by atoms with Crippen LogP contribution in [0.5, 0.6) is 0 Å². The molecule has 0 bridgehead atoms. The van der Waals surface area contributed by atoms with Crippen LogP contribution >= 0.6 is 11.3 Å². The van der Waals surface area contributed by atoms with E-state index in [0.717, 1.165) is 12.0 Å². The molecule has 2 aromatic carbocycles. The lowest BCUT2D eigenvalue weighted by Gasteiger charge is -2.27. The van der Waals surface area contributed by atoms with E-state index in [-0.39, 0.29) is 29.6 Å². The number of hydrogen-bond donors (Lipinski definition) is 2. The molecule has 9 heteroatoms. The SMILES string of the molecule is Cc1cccc(NS(=O)(=O)c2cc(NC(=O)CCC(=O)N3CCc4sccc4C3)ccc2C)c1. The molecule has 4 rings (SSSR count). The molecule has 0 fully saturated rings. The van der Waals surface area contributed by atoms with Crippen molar-refractivity contribution in [2.45, 2.75) is 44.6 Å². The molecule has 1 aromatic heterocycles. The fourth-order valence-corrected chi connectivity index (χ4v) is 6.16. The topological polar surface area (TPSA) is 95.6 Å². The maximum atomic E-state index is 13.0. The fraction of sp³-hybridized carbons (Fsp3) is 0.280. The molecule has 2 amide bonds. The normalized spacial score (nSPS) is 13.3. The summed E-state index contributed by atoms with van der Waals surface area (Å²) < 4.78 is 28.5. The second-order valence-electron chi connectivity index (χ2n) is 8.44. The highest BCUT2D eigenvalue weighted by Crippen LogP contribution is 2.25. The van der Waals surface area contributed by atoms with Gasteiger partial charge in [-0.05, 0) is 72.7 Å². The van der Waals surface area contributed by atoms with Gasteiger partial charge >= 0.3 is 0 Å². The van der Waals surface area contributed by atoms with Crippen molar-refractivity contribution in [2.24, 2.45) is 0 Å². The monoisotopic (exact) mass is 497 g/mol. The van der Waals surface area contributed by atoms with Crippen LogP contribution in [0.4, 0.5) is 11.4 Å². The fourth-order valence-electron chi connectivity index (χ4n) is 3.95. The summed E-state index contributed by atoms with van der Waals surface area (Å²) >= 11 is 1.71. The standard InChI is InChI=1S/C25H27N3O4S2/c1-17-4-3-5-21(14-17)27-34(31,32)23-15-20(7-6-18(23)2)26-24(29)8-9-25(30)28-12-10-22-19(16-28)11-13-33-22/h3-7,11,13-15,27H,8-10,12,16H2,1-2H3,(H,26,29). The number of anilines is 2. The summed E-state index contributed by atoms with van der Waals surface area (Å²) in [7, 11) is -3.84. The summed E-state index contributed by atoms with van der Waals surface area (Å²) in [5.74, 6) is -0.387. The summed E-state index contributed by atoms with van der Waals surface area (Å²) in [6.07, 6.45) is 0.989. The molecule has 0 saturated heterocycles. The smallest absolute Gasteiger partial charge is 0.262 e. The summed E-state index contributed by atoms with van der Waals surface area (Å²) in [5.41, 5.74) is 3.52. The van der Waals surface area contributed by atoms with Crippen molar-refractivity contribution in [1.29, 1.82) is 0 Å². The number of amides is 2. The van der Waals surface area contributed by atoms with E-state index in [1.807, 2.05) is 24.4 Å². The minimum absolute atomic E-state index is 0.0311. The van der Waals surface area contributed by atoms with Crippen molar-refractivity contribution in [1.82, 2.24) is 4.90 Å². The van der Waals surface area contributed by atoms with Crippen LogP contribution in [0.1, 0.15) is 34.4 Å². The van der Waals surface area contributed by atoms with Gasteiger partial charge in [-0.15, -0.1) is 11.3 Å². The summed E-state index contributed by atoms with van der Waals surface area (Å²) in [4.78, 5) is 28.3. The van der Waals surface area contributed by atoms with Crippen LogP contribution in [-0.2, 0) is 32.6 Å². The van der Waals surface area contributed by atoms with Gasteiger partial charge in [0.05, 0.1) is 4.90 Å². The molecule has 34 heavy (non-hydrogen) atoms. The molecule has 178 valence electrons. The Morgan fingerprint density at radius 2 is 1.85 bits per heavy atom. The van der Waals surface area contributed by atoms with Gasteiger partial charge in [0.1, 0.15) is 0 Å². The molecule has 0 saturated carbocycles. The van der Waals surface area contributed by atoms with E-state index in [0.29, 0.717) is 30.0 Å². The van der Waals surface area contributed by atoms with Crippen molar-refractivity contribution in [2.75, 3.05) is 16.6 Å². The first-order valence-corrected chi connectivity index (χ1v) is 13.4. The van der Waals surface area contributed by atoms with Gasteiger partial charge in [0.15, 0.2) is 0 Å². The molecular formula is C25H27N3O4S2. The van der Waals surface area contributed by atoms with E-state index in [4.69, 9.17) is 0 Å². The van der Waals surface area contributed by atoms with Gasteiger partial charge in [0.2, 0.25) is 11.8 Å². The maximum Gasteiger partial charge on any atom is 0.262 e. The van der Waals surface area contributed by atoms with Crippen LogP contribution in [0, 0.1) is 13.8 Å². The zero-order valence-corrected chi connectivity index (χ0v) is 20.8. The predicted octanol–water partition coefficient (Wildman–Crippen LogP) is 4.47. The highest BCUT2D eigenvalue weighted by molar-refractivity contribution is 7.92. The Morgan fingerprint density at radius 1 is 1.03 bits per heavy atom. The predicted molar refractivity (Wildman–Crippen MR) is 134 cm³/mol. The highest BCUT2D eigenvalue weighted by atomic mass is 32.2. The van der Waals surface area contributed by atoms with Crippen LogP contribution in [-0.4, -0.2) is 31.7 Å². The van der Waals surface area contributed by atoms with Crippen LogP contribution in [0.3, 0.4) is 0 Å². The minimum atomic E-state index is -3.84. The summed E-state index contributed by atoms with van der Waals surface area (Å²) in [6.45, 7) is 4.84. The first kappa shape index (κ1) is 24.0. The Labute approximate surface area is 203 Å². The van der Waals surface area contributed by atoms with E-state index in [9.17, 15) is 18.0 Å². The van der Waals surface area contributed by atoms with Crippen molar-refractivity contribution >= 4 is 44.5 Å². The number of rotatable bonds is 7. The van der Waals surface area contributed by atoms with Gasteiger partial charge in [-0.25, -0.2) is 8.42 Å². The second kappa shape index (κ2) is 9.99. The zero-order valence-electron chi connectivity index (χ0n) is 19.1. The van der Waals surface area contributed by atoms with Gasteiger partial charge in [0, 0.05) is 42.2 Å². The number of fused-ring (bicyclic) bond motifs is 1. The van der Waals surface area contributed by atoms with E-state index in [1.165, 1.54) is 16.5 Å². The van der Waals surface area contributed by atoms with Gasteiger partial charge in [-0.2, -0.15) is 0 Å². The second-order valence-corrected chi connectivity index (χ2v) is 11.1. The third-order valence-corrected chi connectivity index (χ3v) is 8.30. The van der Waals surface area contributed by atoms with E-state index >= 15 is 0 Å². The number of carbonyl (C=O) groups is 2. The van der Waals surface area contributed by atoms with Crippen molar-refractivity contribution in [3.05, 3.63) is 75.5 Å². The first-order valence-electron chi connectivity index (χ1n) is 11.0. The molecule has 7 nitrogen and oxygen atoms in total. The van der Waals surface area contributed by atoms with E-state index in [1.54, 1.807) is 53.5 Å². The molecule has 1 aliphatic heterocycles. The molecule has 0 atom stereocenters. The summed E-state index contributed by atoms with van der Waals surface area (Å²) in [6, 6.07) is 13.9. The molecular weight excluding hydrogens is 470 g/mol. The molecule has 2 N–H and O–H groups in total. The van der Waals surface area contributed by atoms with E-state index < -0.39 is 10.0 Å². The maximum absolute atomic E-state index is 13.0. The number of nitrogens with zero attached hydrogens (tertiary/aromatic N) is 1. The molecule has 0 spiro atoms. The number of sulfonamides is 1. The third-order valence-electron chi connectivity index (χ3n) is 5.76. The number of carbonyl (C=O) groups excluding carboxylic acids is 2. The molecule has 0 radical (unpaired) electrons. The average Bonchev–Trinajstić information content (AvgIpc) is 3.26. The number of aryl methyl sites for hydroxylation is 2. The van der Waals surface area contributed by atoms with Crippen molar-refractivity contribution < 1.29 is 18.0 Å². The Bertz CT molecular complexity index is 1330. The van der Waals surface area contributed by atoms with Crippen molar-refractivity contribution in [3.8, 4) is 0 Å². The number of benzene rings is 2. The zero-order chi connectivity index (χ0) is 24.3. The third kappa shape index (κ3) is 5.66. The lowest BCUT2D eigenvalue weighted by atomic mass is 10.1. The molecule has 1 aliphatic rings. The molecule has 0 unspecified atom stereocenters. The quantitative estimate of drug-likeness (QED) is 0.503. The Kier molecular flexibility index (Phi) is 7.04. The van der Waals surface area contributed by atoms with Gasteiger partial charge in [0.25, 0.3) is 10.0 Å². The molecule has 2 heterocycles. The Balaban J connectivity index is 1.37. The van der Waals surface area contributed by atoms with Crippen LogP contribution in [0.15, 0.2) is 58.8 Å². The van der Waals surface area contributed by atoms with Gasteiger partial charge < -0.3 is 10.2 Å². The van der Waals surface area contributed by atoms with E-state index in [2.05, 4.69) is 10.0 Å². The number of thiophene rings is 1. The van der Waals surface area contributed by atoms with Crippen LogP contribution < -0.4 is 10.0 Å². The molecule has 3 aromatic rings. The minimum Gasteiger partial charge on any atom is -0.338 e. The van der Waals surface area contributed by atoms with Gasteiger partial charge in [-0.1, -0.05) is 18.2 Å². The number of hydrogen-bond acceptors (Lipinski definition) is 5. The van der Waals surface area contributed by atoms with Crippen LogP contribution in [0.2, 0.25) is 0 Å². The average molecular weight is 498 g/mol. The summed E-state index contributed by atoms with van der Waals surface area (Å²) in [5, 5.41) is 4.76. The van der Waals surface area contributed by atoms with Crippen molar-refractivity contribution in [3.63, 3.8) is 0 Å². The Hall–Kier alpha value is -3.17. The van der Waals surface area contributed by atoms with Gasteiger partial charge in [-0.3, -0.25) is 14.3 Å². The van der Waals surface area contributed by atoms with Crippen LogP contribution in [0.25, 0.3) is 0 Å². The molecule has 0 aliphatic carbocycles. The lowest BCUT2D eigenvalue weighted by molar-refractivity contribution is -0.133. The number of nitrogens with one attached hydrogen (secondary N) is 2. The lowest BCUT2D eigenvalue weighted by Crippen LogP contribution is -2.35.